The number of hydrogen-bond donors (Lipinski definition) is 0. The highest BCUT2D eigenvalue weighted by Gasteiger charge is 2.05. The van der Waals surface area contributed by atoms with Crippen molar-refractivity contribution >= 4 is 15.9 Å². The second-order valence-electron chi connectivity index (χ2n) is 3.51. The van der Waals surface area contributed by atoms with E-state index >= 15 is 0 Å². The number of allylic oxidation sites excluding steroid dienone is 8. The Morgan fingerprint density at radius 2 is 1.81 bits per heavy atom. The molecule has 0 saturated heterocycles. The van der Waals surface area contributed by atoms with Gasteiger partial charge in [-0.2, -0.15) is 0 Å². The third-order valence-electron chi connectivity index (χ3n) is 2.08. The molecule has 1 heteroatoms. The second kappa shape index (κ2) is 8.35. The molecule has 88 valence electrons. The fraction of sp³-hybridized carbons (Fsp3) is 0.333. The molecule has 1 aliphatic rings. The van der Waals surface area contributed by atoms with Crippen molar-refractivity contribution in [2.45, 2.75) is 33.6 Å². The minimum Gasteiger partial charge on any atom is -0.0961 e. The Labute approximate surface area is 108 Å². The molecule has 0 radical (unpaired) electrons. The quantitative estimate of drug-likeness (QED) is 0.582. The van der Waals surface area contributed by atoms with Gasteiger partial charge in [-0.05, 0) is 35.4 Å². The molecule has 1 aliphatic carbocycles. The van der Waals surface area contributed by atoms with Crippen LogP contribution in [0.2, 0.25) is 0 Å². The number of halogens is 1. The van der Waals surface area contributed by atoms with Gasteiger partial charge in [0.15, 0.2) is 0 Å². The fourth-order valence-electron chi connectivity index (χ4n) is 1.23. The van der Waals surface area contributed by atoms with Crippen molar-refractivity contribution in [2.75, 3.05) is 0 Å². The SMILES string of the molecule is C=C(C)/C=C\C(=C)C1=CC=C(Br)CC1.CC. The highest BCUT2D eigenvalue weighted by atomic mass is 79.9. The third kappa shape index (κ3) is 5.92. The molecule has 0 aromatic carbocycles. The van der Waals surface area contributed by atoms with Crippen LogP contribution in [-0.4, -0.2) is 0 Å². The summed E-state index contributed by atoms with van der Waals surface area (Å²) < 4.78 is 1.26. The molecule has 0 N–H and O–H groups in total. The van der Waals surface area contributed by atoms with Crippen LogP contribution in [0, 0.1) is 0 Å². The summed E-state index contributed by atoms with van der Waals surface area (Å²) in [5, 5.41) is 0. The van der Waals surface area contributed by atoms with Gasteiger partial charge in [-0.15, -0.1) is 0 Å². The Bertz CT molecular complexity index is 340. The van der Waals surface area contributed by atoms with E-state index in [-0.39, 0.29) is 0 Å². The molecule has 0 aromatic rings. The highest BCUT2D eigenvalue weighted by Crippen LogP contribution is 2.26. The van der Waals surface area contributed by atoms with Crippen LogP contribution in [0.4, 0.5) is 0 Å². The van der Waals surface area contributed by atoms with Crippen molar-refractivity contribution in [3.05, 3.63) is 58.7 Å². The van der Waals surface area contributed by atoms with Gasteiger partial charge in [-0.25, -0.2) is 0 Å². The Morgan fingerprint density at radius 1 is 1.19 bits per heavy atom. The average Bonchev–Trinajstić information content (AvgIpc) is 2.29. The predicted octanol–water partition coefficient (Wildman–Crippen LogP) is 5.70. The fourth-order valence-corrected chi connectivity index (χ4v) is 1.56. The molecule has 0 bridgehead atoms. The van der Waals surface area contributed by atoms with Crippen LogP contribution >= 0.6 is 15.9 Å². The maximum absolute atomic E-state index is 4.03. The van der Waals surface area contributed by atoms with E-state index in [4.69, 9.17) is 0 Å². The summed E-state index contributed by atoms with van der Waals surface area (Å²) in [5.74, 6) is 0. The van der Waals surface area contributed by atoms with Crippen molar-refractivity contribution in [3.63, 3.8) is 0 Å². The van der Waals surface area contributed by atoms with E-state index in [0.29, 0.717) is 0 Å². The molecule has 0 heterocycles. The van der Waals surface area contributed by atoms with E-state index in [2.05, 4.69) is 41.2 Å². The monoisotopic (exact) mass is 280 g/mol. The lowest BCUT2D eigenvalue weighted by molar-refractivity contribution is 0.970. The van der Waals surface area contributed by atoms with Gasteiger partial charge in [-0.3, -0.25) is 0 Å². The maximum atomic E-state index is 4.03. The van der Waals surface area contributed by atoms with E-state index in [1.807, 2.05) is 32.9 Å². The van der Waals surface area contributed by atoms with Crippen molar-refractivity contribution in [1.82, 2.24) is 0 Å². The predicted molar refractivity (Wildman–Crippen MR) is 78.8 cm³/mol. The van der Waals surface area contributed by atoms with Gasteiger partial charge in [0.05, 0.1) is 0 Å². The second-order valence-corrected chi connectivity index (χ2v) is 4.53. The molecule has 0 nitrogen and oxygen atoms in total. The van der Waals surface area contributed by atoms with E-state index in [9.17, 15) is 0 Å². The van der Waals surface area contributed by atoms with E-state index in [1.165, 1.54) is 10.1 Å². The maximum Gasteiger partial charge on any atom is -0.00460 e. The van der Waals surface area contributed by atoms with Gasteiger partial charge >= 0.3 is 0 Å². The Morgan fingerprint density at radius 3 is 2.25 bits per heavy atom. The summed E-state index contributed by atoms with van der Waals surface area (Å²) in [4.78, 5) is 0. The molecule has 0 saturated carbocycles. The van der Waals surface area contributed by atoms with Crippen molar-refractivity contribution in [3.8, 4) is 0 Å². The summed E-state index contributed by atoms with van der Waals surface area (Å²) in [7, 11) is 0. The molecular weight excluding hydrogens is 260 g/mol. The Kier molecular flexibility index (Phi) is 7.92. The molecule has 0 atom stereocenters. The first-order chi connectivity index (χ1) is 7.59. The van der Waals surface area contributed by atoms with Crippen molar-refractivity contribution in [1.29, 1.82) is 0 Å². The molecule has 1 rings (SSSR count). The molecule has 0 fully saturated rings. The lowest BCUT2D eigenvalue weighted by Crippen LogP contribution is -1.91. The van der Waals surface area contributed by atoms with Crippen LogP contribution in [0.3, 0.4) is 0 Å². The molecule has 0 unspecified atom stereocenters. The van der Waals surface area contributed by atoms with Crippen LogP contribution in [-0.2, 0) is 0 Å². The molecule has 0 spiro atoms. The molecule has 0 amide bonds. The van der Waals surface area contributed by atoms with Crippen molar-refractivity contribution < 1.29 is 0 Å². The van der Waals surface area contributed by atoms with Crippen LogP contribution in [0.15, 0.2) is 58.7 Å². The molecule has 16 heavy (non-hydrogen) atoms. The summed E-state index contributed by atoms with van der Waals surface area (Å²) in [6, 6.07) is 0. The van der Waals surface area contributed by atoms with Crippen LogP contribution in [0.1, 0.15) is 33.6 Å². The first-order valence-corrected chi connectivity index (χ1v) is 6.47. The zero-order valence-electron chi connectivity index (χ0n) is 10.5. The van der Waals surface area contributed by atoms with Gasteiger partial charge in [-0.1, -0.05) is 72.8 Å². The van der Waals surface area contributed by atoms with Gasteiger partial charge in [0.2, 0.25) is 0 Å². The lowest BCUT2D eigenvalue weighted by Gasteiger charge is -2.10. The van der Waals surface area contributed by atoms with Crippen molar-refractivity contribution in [2.24, 2.45) is 0 Å². The summed E-state index contributed by atoms with van der Waals surface area (Å²) in [6.45, 7) is 13.8. The van der Waals surface area contributed by atoms with Gasteiger partial charge in [0.25, 0.3) is 0 Å². The average molecular weight is 281 g/mol. The Balaban J connectivity index is 0.00000106. The Hall–Kier alpha value is -0.820. The lowest BCUT2D eigenvalue weighted by atomic mass is 9.98. The zero-order valence-corrected chi connectivity index (χ0v) is 12.1. The molecule has 0 aliphatic heterocycles. The number of hydrogen-bond acceptors (Lipinski definition) is 0. The highest BCUT2D eigenvalue weighted by molar-refractivity contribution is 9.11. The van der Waals surface area contributed by atoms with Gasteiger partial charge in [0, 0.05) is 0 Å². The summed E-state index contributed by atoms with van der Waals surface area (Å²) in [5.41, 5.74) is 3.45. The zero-order chi connectivity index (χ0) is 12.6. The normalized spacial score (nSPS) is 14.8. The first-order valence-electron chi connectivity index (χ1n) is 5.67. The van der Waals surface area contributed by atoms with Gasteiger partial charge < -0.3 is 0 Å². The van der Waals surface area contributed by atoms with Gasteiger partial charge in [0.1, 0.15) is 0 Å². The van der Waals surface area contributed by atoms with Crippen LogP contribution in [0.5, 0.6) is 0 Å². The third-order valence-corrected chi connectivity index (χ3v) is 2.74. The van der Waals surface area contributed by atoms with Crippen LogP contribution < -0.4 is 0 Å². The molecular formula is C15H21Br. The summed E-state index contributed by atoms with van der Waals surface area (Å²) in [6.07, 6.45) is 10.4. The number of rotatable bonds is 3. The van der Waals surface area contributed by atoms with Crippen LogP contribution in [0.25, 0.3) is 0 Å². The van der Waals surface area contributed by atoms with E-state index in [0.717, 1.165) is 24.0 Å². The largest absolute Gasteiger partial charge is 0.0961 e. The topological polar surface area (TPSA) is 0 Å². The first kappa shape index (κ1) is 15.2. The standard InChI is InChI=1S/C13H15Br.C2H6/c1-10(2)4-5-11(3)12-6-8-13(14)9-7-12;1-2/h4-6,8H,1,3,7,9H2,2H3;1-2H3/b5-4-;. The minimum atomic E-state index is 1.05. The minimum absolute atomic E-state index is 1.05. The molecule has 0 aromatic heterocycles. The smallest absolute Gasteiger partial charge is 0.00460 e. The van der Waals surface area contributed by atoms with E-state index < -0.39 is 0 Å². The van der Waals surface area contributed by atoms with E-state index in [1.54, 1.807) is 0 Å². The summed E-state index contributed by atoms with van der Waals surface area (Å²) >= 11 is 3.48.